The molecule has 1 aromatic carbocycles. The first-order valence-electron chi connectivity index (χ1n) is 9.20. The normalized spacial score (nSPS) is 12.5. The van der Waals surface area contributed by atoms with Crippen LogP contribution in [-0.4, -0.2) is 50.4 Å². The van der Waals surface area contributed by atoms with Crippen molar-refractivity contribution in [2.75, 3.05) is 6.54 Å². The number of fused-ring (bicyclic) bond motifs is 1. The van der Waals surface area contributed by atoms with Crippen molar-refractivity contribution in [2.45, 2.75) is 45.1 Å². The van der Waals surface area contributed by atoms with Gasteiger partial charge in [-0.2, -0.15) is 5.26 Å². The highest BCUT2D eigenvalue weighted by Crippen LogP contribution is 2.21. The number of carboxylic acids is 1. The van der Waals surface area contributed by atoms with E-state index in [4.69, 9.17) is 5.26 Å². The molecule has 8 heteroatoms. The molecule has 28 heavy (non-hydrogen) atoms. The fourth-order valence-corrected chi connectivity index (χ4v) is 3.12. The topological polar surface area (TPSA) is 130 Å². The van der Waals surface area contributed by atoms with E-state index in [1.165, 1.54) is 0 Å². The lowest BCUT2D eigenvalue weighted by atomic mass is 10.0. The molecule has 8 nitrogen and oxygen atoms in total. The molecular formula is C20H24N4O4. The molecule has 2 aromatic rings. The summed E-state index contributed by atoms with van der Waals surface area (Å²) in [4.78, 5) is 29.1. The average Bonchev–Trinajstić information content (AvgIpc) is 3.10. The Balaban J connectivity index is 2.34. The molecule has 0 radical (unpaired) electrons. The van der Waals surface area contributed by atoms with Crippen molar-refractivity contribution >= 4 is 28.5 Å². The van der Waals surface area contributed by atoms with Crippen LogP contribution in [0.15, 0.2) is 35.6 Å². The number of nitriles is 1. The minimum absolute atomic E-state index is 0.0180. The molecule has 1 atom stereocenters. The molecule has 2 rings (SSSR count). The van der Waals surface area contributed by atoms with Gasteiger partial charge >= 0.3 is 5.97 Å². The largest absolute Gasteiger partial charge is 0.480 e. The Kier molecular flexibility index (Phi) is 7.57. The highest BCUT2D eigenvalue weighted by molar-refractivity contribution is 6.38. The first-order valence-corrected chi connectivity index (χ1v) is 9.20. The molecule has 0 spiro atoms. The molecule has 0 fully saturated rings. The van der Waals surface area contributed by atoms with Gasteiger partial charge in [0.05, 0.1) is 12.5 Å². The Bertz CT molecular complexity index is 897. The van der Waals surface area contributed by atoms with Crippen LogP contribution in [0.4, 0.5) is 0 Å². The number of carbonyl (C=O) groups is 2. The van der Waals surface area contributed by atoms with E-state index < -0.39 is 17.9 Å². The predicted molar refractivity (Wildman–Crippen MR) is 104 cm³/mol. The van der Waals surface area contributed by atoms with Gasteiger partial charge in [0.2, 0.25) is 0 Å². The Morgan fingerprint density at radius 1 is 1.36 bits per heavy atom. The lowest BCUT2D eigenvalue weighted by Crippen LogP contribution is -2.49. The maximum Gasteiger partial charge on any atom is 0.326 e. The van der Waals surface area contributed by atoms with Crippen LogP contribution in [0.5, 0.6) is 0 Å². The number of carbonyl (C=O) groups excluding carboxylic acids is 1. The molecule has 0 saturated heterocycles. The van der Waals surface area contributed by atoms with E-state index in [1.807, 2.05) is 37.3 Å². The minimum atomic E-state index is -1.18. The average molecular weight is 384 g/mol. The number of unbranched alkanes of at least 4 members (excludes halogenated alkanes) is 1. The number of carboxylic acid groups (broad SMARTS) is 1. The monoisotopic (exact) mass is 384 g/mol. The van der Waals surface area contributed by atoms with Gasteiger partial charge in [-0.3, -0.25) is 4.79 Å². The number of aromatic amines is 1. The predicted octanol–water partition coefficient (Wildman–Crippen LogP) is 2.93. The summed E-state index contributed by atoms with van der Waals surface area (Å²) in [5.41, 5.74) is 1.54. The van der Waals surface area contributed by atoms with Gasteiger partial charge < -0.3 is 20.2 Å². The Morgan fingerprint density at radius 2 is 2.11 bits per heavy atom. The van der Waals surface area contributed by atoms with Crippen LogP contribution >= 0.6 is 0 Å². The van der Waals surface area contributed by atoms with E-state index in [-0.39, 0.29) is 31.5 Å². The highest BCUT2D eigenvalue weighted by Gasteiger charge is 2.32. The molecule has 1 heterocycles. The fourth-order valence-electron chi connectivity index (χ4n) is 3.12. The first kappa shape index (κ1) is 21.0. The molecule has 1 aromatic heterocycles. The van der Waals surface area contributed by atoms with Crippen molar-refractivity contribution in [3.05, 3.63) is 36.0 Å². The smallest absolute Gasteiger partial charge is 0.326 e. The number of rotatable bonds is 10. The van der Waals surface area contributed by atoms with E-state index in [1.54, 1.807) is 6.20 Å². The van der Waals surface area contributed by atoms with Crippen molar-refractivity contribution in [2.24, 2.45) is 5.16 Å². The van der Waals surface area contributed by atoms with E-state index in [2.05, 4.69) is 10.1 Å². The maximum absolute atomic E-state index is 12.9. The molecule has 0 aliphatic rings. The number of para-hydroxylation sites is 1. The van der Waals surface area contributed by atoms with Crippen LogP contribution in [0, 0.1) is 11.3 Å². The van der Waals surface area contributed by atoms with Gasteiger partial charge in [-0.15, -0.1) is 0 Å². The molecule has 0 aliphatic heterocycles. The van der Waals surface area contributed by atoms with E-state index >= 15 is 0 Å². The quantitative estimate of drug-likeness (QED) is 0.329. The third kappa shape index (κ3) is 4.88. The molecular weight excluding hydrogens is 360 g/mol. The second kappa shape index (κ2) is 10.1. The maximum atomic E-state index is 12.9. The molecule has 0 bridgehead atoms. The van der Waals surface area contributed by atoms with Crippen molar-refractivity contribution < 1.29 is 19.9 Å². The van der Waals surface area contributed by atoms with E-state index in [0.717, 1.165) is 27.8 Å². The number of nitrogens with one attached hydrogen (secondary N) is 1. The Hall–Kier alpha value is -3.34. The van der Waals surface area contributed by atoms with Crippen molar-refractivity contribution in [1.29, 1.82) is 5.26 Å². The number of benzene rings is 1. The van der Waals surface area contributed by atoms with Crippen molar-refractivity contribution in [1.82, 2.24) is 9.88 Å². The lowest BCUT2D eigenvalue weighted by molar-refractivity contribution is -0.147. The van der Waals surface area contributed by atoms with Crippen LogP contribution in [0.3, 0.4) is 0 Å². The zero-order chi connectivity index (χ0) is 20.5. The molecule has 0 unspecified atom stereocenters. The summed E-state index contributed by atoms with van der Waals surface area (Å²) in [6, 6.07) is 8.25. The zero-order valence-corrected chi connectivity index (χ0v) is 15.8. The summed E-state index contributed by atoms with van der Waals surface area (Å²) in [6.07, 6.45) is 3.46. The van der Waals surface area contributed by atoms with E-state index in [0.29, 0.717) is 6.42 Å². The third-order valence-corrected chi connectivity index (χ3v) is 4.61. The molecule has 148 valence electrons. The van der Waals surface area contributed by atoms with Gasteiger partial charge in [-0.05, 0) is 24.5 Å². The van der Waals surface area contributed by atoms with Crippen LogP contribution in [0.25, 0.3) is 10.9 Å². The van der Waals surface area contributed by atoms with Crippen LogP contribution < -0.4 is 0 Å². The van der Waals surface area contributed by atoms with Gasteiger partial charge in [0.15, 0.2) is 0 Å². The van der Waals surface area contributed by atoms with Gasteiger partial charge in [0, 0.05) is 30.1 Å². The third-order valence-electron chi connectivity index (χ3n) is 4.61. The van der Waals surface area contributed by atoms with Gasteiger partial charge in [-0.1, -0.05) is 36.7 Å². The number of amides is 1. The summed E-state index contributed by atoms with van der Waals surface area (Å²) < 4.78 is 0. The van der Waals surface area contributed by atoms with Gasteiger partial charge in [-0.25, -0.2) is 4.79 Å². The minimum Gasteiger partial charge on any atom is -0.480 e. The summed E-state index contributed by atoms with van der Waals surface area (Å²) >= 11 is 0. The number of aliphatic carboxylic acids is 1. The number of oxime groups is 1. The summed E-state index contributed by atoms with van der Waals surface area (Å²) in [7, 11) is 0. The molecule has 0 saturated carbocycles. The van der Waals surface area contributed by atoms with Crippen LogP contribution in [0.1, 0.15) is 38.2 Å². The zero-order valence-electron chi connectivity index (χ0n) is 15.8. The fraction of sp³-hybridized carbons (Fsp3) is 0.400. The lowest BCUT2D eigenvalue weighted by Gasteiger charge is -2.28. The summed E-state index contributed by atoms with van der Waals surface area (Å²) in [5, 5.41) is 31.9. The number of nitrogens with zero attached hydrogens (tertiary/aromatic N) is 3. The number of hydrogen-bond acceptors (Lipinski definition) is 5. The van der Waals surface area contributed by atoms with Crippen molar-refractivity contribution in [3.8, 4) is 6.07 Å². The Labute approximate surface area is 163 Å². The highest BCUT2D eigenvalue weighted by atomic mass is 16.4. The van der Waals surface area contributed by atoms with Gasteiger partial charge in [0.25, 0.3) is 5.91 Å². The van der Waals surface area contributed by atoms with Gasteiger partial charge in [0.1, 0.15) is 11.8 Å². The van der Waals surface area contributed by atoms with Crippen LogP contribution in [-0.2, 0) is 16.0 Å². The van der Waals surface area contributed by atoms with Crippen LogP contribution in [0.2, 0.25) is 0 Å². The SMILES string of the molecule is CCCCC(=NO)C(=O)N(CCC#N)[C@@H](Cc1c[nH]c2ccccc12)C(=O)O. The standard InChI is InChI=1S/C20H24N4O4/c1-2-3-8-17(23-28)19(25)24(11-6-10-21)18(20(26)27)12-14-13-22-16-9-5-4-7-15(14)16/h4-5,7,9,13,18,22,28H,2-3,6,8,11-12H2,1H3,(H,26,27)/t18-/m0/s1. The Morgan fingerprint density at radius 3 is 2.75 bits per heavy atom. The summed E-state index contributed by atoms with van der Waals surface area (Å²) in [5.74, 6) is -1.83. The molecule has 0 aliphatic carbocycles. The molecule has 1 amide bonds. The number of hydrogen-bond donors (Lipinski definition) is 3. The molecule has 3 N–H and O–H groups in total. The number of aromatic nitrogens is 1. The second-order valence-electron chi connectivity index (χ2n) is 6.47. The first-order chi connectivity index (χ1) is 13.5. The van der Waals surface area contributed by atoms with Crippen molar-refractivity contribution in [3.63, 3.8) is 0 Å². The second-order valence-corrected chi connectivity index (χ2v) is 6.47. The number of H-pyrrole nitrogens is 1. The summed E-state index contributed by atoms with van der Waals surface area (Å²) in [6.45, 7) is 1.88. The van der Waals surface area contributed by atoms with E-state index in [9.17, 15) is 19.9 Å².